The van der Waals surface area contributed by atoms with E-state index in [9.17, 15) is 19.2 Å². The van der Waals surface area contributed by atoms with Gasteiger partial charge < -0.3 is 39.9 Å². The molecule has 0 unspecified atom stereocenters. The van der Waals surface area contributed by atoms with Crippen LogP contribution in [-0.4, -0.2) is 93.1 Å². The number of nitrogens with one attached hydrogen (secondary N) is 4. The van der Waals surface area contributed by atoms with Crippen molar-refractivity contribution in [2.75, 3.05) is 27.3 Å². The number of rotatable bonds is 10. The van der Waals surface area contributed by atoms with Crippen LogP contribution in [0.2, 0.25) is 0 Å². The van der Waals surface area contributed by atoms with E-state index in [0.29, 0.717) is 24.7 Å². The Balaban J connectivity index is 1.37. The molecule has 5 rings (SSSR count). The van der Waals surface area contributed by atoms with Crippen molar-refractivity contribution >= 4 is 24.0 Å². The summed E-state index contributed by atoms with van der Waals surface area (Å²) in [6.45, 7) is 17.1. The van der Waals surface area contributed by atoms with E-state index >= 15 is 0 Å². The number of carbonyl (C=O) groups excluding carboxylic acids is 4. The van der Waals surface area contributed by atoms with Gasteiger partial charge in [-0.05, 0) is 73.6 Å². The fourth-order valence-corrected chi connectivity index (χ4v) is 7.54. The fourth-order valence-electron chi connectivity index (χ4n) is 7.54. The van der Waals surface area contributed by atoms with Gasteiger partial charge in [0, 0.05) is 24.2 Å². The summed E-state index contributed by atoms with van der Waals surface area (Å²) in [5.74, 6) is 1.39. The number of imidazole rings is 2. The van der Waals surface area contributed by atoms with Gasteiger partial charge in [0.15, 0.2) is 0 Å². The van der Waals surface area contributed by atoms with Gasteiger partial charge in [0.25, 0.3) is 0 Å². The average Bonchev–Trinajstić information content (AvgIpc) is 3.92. The maximum Gasteiger partial charge on any atom is 0.407 e. The molecule has 52 heavy (non-hydrogen) atoms. The van der Waals surface area contributed by atoms with Crippen molar-refractivity contribution in [1.29, 1.82) is 0 Å². The number of benzene rings is 1. The van der Waals surface area contributed by atoms with Crippen molar-refractivity contribution < 1.29 is 28.7 Å². The minimum Gasteiger partial charge on any atom is -0.453 e. The quantitative estimate of drug-likeness (QED) is 0.208. The van der Waals surface area contributed by atoms with Gasteiger partial charge in [-0.25, -0.2) is 19.6 Å². The number of alkyl carbamates (subject to hydrolysis) is 2. The van der Waals surface area contributed by atoms with E-state index in [1.165, 1.54) is 14.2 Å². The van der Waals surface area contributed by atoms with E-state index in [1.54, 1.807) is 0 Å². The Kier molecular flexibility index (Phi) is 11.6. The number of aromatic amines is 2. The summed E-state index contributed by atoms with van der Waals surface area (Å²) >= 11 is 0. The van der Waals surface area contributed by atoms with Gasteiger partial charge in [-0.3, -0.25) is 9.59 Å². The molecule has 2 aliphatic heterocycles. The second-order valence-corrected chi connectivity index (χ2v) is 15.3. The van der Waals surface area contributed by atoms with Gasteiger partial charge in [0.05, 0.1) is 50.1 Å². The SMILES string of the molecule is COC(=O)N[C@H](C(=O)N1C[C@@H](C)C[C@H]1c1ncc(-c2cc(C)c(-c3cnc([C@@H]4C[C@H](C)CN4C(=O)[C@@H](NC(=O)OC)C(C)C)[nH]3)cc2C)[nH]1)C(C)C. The van der Waals surface area contributed by atoms with Crippen molar-refractivity contribution in [3.8, 4) is 22.5 Å². The first-order chi connectivity index (χ1) is 24.6. The Morgan fingerprint density at radius 1 is 0.712 bits per heavy atom. The van der Waals surface area contributed by atoms with E-state index in [1.807, 2.05) is 49.9 Å². The van der Waals surface area contributed by atoms with Crippen LogP contribution in [0.4, 0.5) is 9.59 Å². The number of ether oxygens (including phenoxy) is 2. The van der Waals surface area contributed by atoms with E-state index in [2.05, 4.69) is 60.4 Å². The zero-order chi connectivity index (χ0) is 38.0. The lowest BCUT2D eigenvalue weighted by Gasteiger charge is -2.30. The van der Waals surface area contributed by atoms with E-state index in [-0.39, 0.29) is 47.6 Å². The molecule has 1 aromatic carbocycles. The molecule has 2 aromatic heterocycles. The third kappa shape index (κ3) is 7.95. The lowest BCUT2D eigenvalue weighted by Crippen LogP contribution is -2.51. The molecular weight excluding hydrogens is 664 g/mol. The first-order valence-corrected chi connectivity index (χ1v) is 18.1. The number of hydrogen-bond acceptors (Lipinski definition) is 8. The van der Waals surface area contributed by atoms with Crippen molar-refractivity contribution in [2.45, 2.75) is 92.4 Å². The number of aromatic nitrogens is 4. The minimum absolute atomic E-state index is 0.124. The molecule has 0 saturated carbocycles. The summed E-state index contributed by atoms with van der Waals surface area (Å²) in [7, 11) is 2.58. The van der Waals surface area contributed by atoms with Crippen LogP contribution < -0.4 is 10.6 Å². The Morgan fingerprint density at radius 2 is 1.08 bits per heavy atom. The molecular formula is C38H54N8O6. The van der Waals surface area contributed by atoms with E-state index in [4.69, 9.17) is 19.4 Å². The highest BCUT2D eigenvalue weighted by atomic mass is 16.5. The van der Waals surface area contributed by atoms with Crippen LogP contribution in [0.25, 0.3) is 22.5 Å². The topological polar surface area (TPSA) is 175 Å². The molecule has 4 heterocycles. The zero-order valence-electron chi connectivity index (χ0n) is 32.0. The van der Waals surface area contributed by atoms with Crippen LogP contribution in [0.15, 0.2) is 24.5 Å². The van der Waals surface area contributed by atoms with Crippen LogP contribution in [-0.2, 0) is 19.1 Å². The number of aryl methyl sites for hydroxylation is 2. The molecule has 14 heteroatoms. The van der Waals surface area contributed by atoms with Gasteiger partial charge in [-0.2, -0.15) is 0 Å². The predicted octanol–water partition coefficient (Wildman–Crippen LogP) is 5.66. The van der Waals surface area contributed by atoms with Gasteiger partial charge in [0.1, 0.15) is 23.7 Å². The highest BCUT2D eigenvalue weighted by Gasteiger charge is 2.41. The Hall–Kier alpha value is -4.88. The highest BCUT2D eigenvalue weighted by Crippen LogP contribution is 2.39. The number of methoxy groups -OCH3 is 2. The predicted molar refractivity (Wildman–Crippen MR) is 196 cm³/mol. The molecule has 0 radical (unpaired) electrons. The van der Waals surface area contributed by atoms with Crippen molar-refractivity contribution in [1.82, 2.24) is 40.4 Å². The summed E-state index contributed by atoms with van der Waals surface area (Å²) in [6.07, 6.45) is 3.87. The first kappa shape index (κ1) is 38.4. The largest absolute Gasteiger partial charge is 0.453 e. The molecule has 0 bridgehead atoms. The number of hydrogen-bond donors (Lipinski definition) is 4. The Labute approximate surface area is 305 Å². The first-order valence-electron chi connectivity index (χ1n) is 18.1. The van der Waals surface area contributed by atoms with Crippen LogP contribution in [0.1, 0.15) is 89.2 Å². The van der Waals surface area contributed by atoms with Crippen LogP contribution >= 0.6 is 0 Å². The molecule has 14 nitrogen and oxygen atoms in total. The third-order valence-corrected chi connectivity index (χ3v) is 10.3. The van der Waals surface area contributed by atoms with Crippen LogP contribution in [0.5, 0.6) is 0 Å². The molecule has 282 valence electrons. The smallest absolute Gasteiger partial charge is 0.407 e. The second-order valence-electron chi connectivity index (χ2n) is 15.3. The number of H-pyrrole nitrogens is 2. The number of carbonyl (C=O) groups is 4. The minimum atomic E-state index is -0.712. The molecule has 4 N–H and O–H groups in total. The molecule has 0 aliphatic carbocycles. The third-order valence-electron chi connectivity index (χ3n) is 10.3. The van der Waals surface area contributed by atoms with Gasteiger partial charge in [0.2, 0.25) is 11.8 Å². The summed E-state index contributed by atoms with van der Waals surface area (Å²) < 4.78 is 9.56. The summed E-state index contributed by atoms with van der Waals surface area (Å²) in [5, 5.41) is 5.42. The van der Waals surface area contributed by atoms with Crippen LogP contribution in [0, 0.1) is 37.5 Å². The van der Waals surface area contributed by atoms with Crippen molar-refractivity contribution in [2.24, 2.45) is 23.7 Å². The fraction of sp³-hybridized carbons (Fsp3) is 0.579. The molecule has 4 amide bonds. The normalized spacial score (nSPS) is 21.4. The van der Waals surface area contributed by atoms with Crippen molar-refractivity contribution in [3.63, 3.8) is 0 Å². The number of likely N-dealkylation sites (tertiary alicyclic amines) is 2. The van der Waals surface area contributed by atoms with Gasteiger partial charge in [-0.1, -0.05) is 41.5 Å². The number of nitrogens with zero attached hydrogens (tertiary/aromatic N) is 4. The number of amides is 4. The molecule has 2 fully saturated rings. The maximum atomic E-state index is 13.7. The molecule has 2 saturated heterocycles. The monoisotopic (exact) mass is 718 g/mol. The Morgan fingerprint density at radius 3 is 1.40 bits per heavy atom. The van der Waals surface area contributed by atoms with E-state index < -0.39 is 24.3 Å². The molecule has 2 aliphatic rings. The standard InChI is InChI=1S/C38H54N8O6/c1-19(2)31(43-37(49)51-9)35(47)45-17-21(5)11-29(45)33-39-15-27(41-33)25-13-24(8)26(14-23(25)7)28-16-40-34(42-28)30-12-22(6)18-46(30)36(48)32(20(3)4)44-38(50)52-10/h13-16,19-22,29-32H,11-12,17-18H2,1-10H3,(H,39,41)(H,40,42)(H,43,49)(H,44,50)/t21-,22-,29-,30-,31-,32-/m0/s1. The maximum absolute atomic E-state index is 13.7. The van der Waals surface area contributed by atoms with Crippen molar-refractivity contribution in [3.05, 3.63) is 47.3 Å². The second kappa shape index (κ2) is 15.8. The highest BCUT2D eigenvalue weighted by molar-refractivity contribution is 5.87. The van der Waals surface area contributed by atoms with E-state index in [0.717, 1.165) is 46.5 Å². The Bertz CT molecular complexity index is 1650. The van der Waals surface area contributed by atoms with Crippen LogP contribution in [0.3, 0.4) is 0 Å². The van der Waals surface area contributed by atoms with Gasteiger partial charge in [-0.15, -0.1) is 0 Å². The molecule has 3 aromatic rings. The lowest BCUT2D eigenvalue weighted by atomic mass is 9.97. The summed E-state index contributed by atoms with van der Waals surface area (Å²) in [6, 6.07) is 2.32. The average molecular weight is 719 g/mol. The zero-order valence-corrected chi connectivity index (χ0v) is 32.0. The lowest BCUT2D eigenvalue weighted by molar-refractivity contribution is -0.136. The molecule has 6 atom stereocenters. The molecule has 0 spiro atoms. The summed E-state index contributed by atoms with van der Waals surface area (Å²) in [5.41, 5.74) is 5.75. The van der Waals surface area contributed by atoms with Gasteiger partial charge >= 0.3 is 12.2 Å². The summed E-state index contributed by atoms with van der Waals surface area (Å²) in [4.78, 5) is 71.7.